The highest BCUT2D eigenvalue weighted by atomic mass is 127. The third kappa shape index (κ3) is 8.33. The highest BCUT2D eigenvalue weighted by Crippen LogP contribution is 2.15. The number of guanidine groups is 1. The van der Waals surface area contributed by atoms with Gasteiger partial charge in [0.1, 0.15) is 0 Å². The standard InChI is InChI=1S/C19H32N4.HI/c1-17-8-6-14-23(16-17)15-7-12-21-19(20-2)22-13-11-18-9-4-3-5-10-18;/h3-5,9-10,17H,6-8,11-16H2,1-2H3,(H2,20,21,22);1H. The van der Waals surface area contributed by atoms with Gasteiger partial charge in [-0.25, -0.2) is 0 Å². The second kappa shape index (κ2) is 12.5. The summed E-state index contributed by atoms with van der Waals surface area (Å²) in [6.45, 7) is 7.99. The molecule has 1 fully saturated rings. The molecule has 1 heterocycles. The molecule has 1 saturated heterocycles. The molecule has 24 heavy (non-hydrogen) atoms. The van der Waals surface area contributed by atoms with E-state index in [4.69, 9.17) is 0 Å². The molecule has 4 nitrogen and oxygen atoms in total. The number of halogens is 1. The Kier molecular flexibility index (Phi) is 11.1. The van der Waals surface area contributed by atoms with Crippen LogP contribution in [0.25, 0.3) is 0 Å². The third-order valence-electron chi connectivity index (χ3n) is 4.46. The largest absolute Gasteiger partial charge is 0.356 e. The Bertz CT molecular complexity index is 464. The molecule has 136 valence electrons. The lowest BCUT2D eigenvalue weighted by Gasteiger charge is -2.30. The molecule has 0 amide bonds. The zero-order valence-electron chi connectivity index (χ0n) is 15.1. The Morgan fingerprint density at radius 1 is 1.21 bits per heavy atom. The molecule has 5 heteroatoms. The number of nitrogens with zero attached hydrogens (tertiary/aromatic N) is 2. The predicted molar refractivity (Wildman–Crippen MR) is 114 cm³/mol. The van der Waals surface area contributed by atoms with Crippen molar-refractivity contribution in [2.45, 2.75) is 32.6 Å². The fourth-order valence-electron chi connectivity index (χ4n) is 3.19. The Balaban J connectivity index is 0.00000288. The van der Waals surface area contributed by atoms with Gasteiger partial charge in [-0.1, -0.05) is 37.3 Å². The van der Waals surface area contributed by atoms with Crippen LogP contribution in [0.2, 0.25) is 0 Å². The number of nitrogens with one attached hydrogen (secondary N) is 2. The summed E-state index contributed by atoms with van der Waals surface area (Å²) in [7, 11) is 1.84. The van der Waals surface area contributed by atoms with Crippen LogP contribution in [0, 0.1) is 5.92 Å². The summed E-state index contributed by atoms with van der Waals surface area (Å²) in [5, 5.41) is 6.81. The van der Waals surface area contributed by atoms with Crippen molar-refractivity contribution >= 4 is 29.9 Å². The molecule has 1 atom stereocenters. The molecule has 2 N–H and O–H groups in total. The molecule has 1 unspecified atom stereocenters. The van der Waals surface area contributed by atoms with Crippen LogP contribution in [-0.4, -0.2) is 50.6 Å². The molecule has 1 aliphatic rings. The molecule has 0 aliphatic carbocycles. The van der Waals surface area contributed by atoms with E-state index in [9.17, 15) is 0 Å². The van der Waals surface area contributed by atoms with Crippen LogP contribution >= 0.6 is 24.0 Å². The fraction of sp³-hybridized carbons (Fsp3) is 0.632. The molecular formula is C19H33IN4. The molecule has 0 aromatic heterocycles. The van der Waals surface area contributed by atoms with Crippen molar-refractivity contribution in [1.29, 1.82) is 0 Å². The predicted octanol–water partition coefficient (Wildman–Crippen LogP) is 3.13. The van der Waals surface area contributed by atoms with Crippen molar-refractivity contribution in [1.82, 2.24) is 15.5 Å². The van der Waals surface area contributed by atoms with E-state index >= 15 is 0 Å². The topological polar surface area (TPSA) is 39.7 Å². The van der Waals surface area contributed by atoms with E-state index in [1.165, 1.54) is 44.5 Å². The Hall–Kier alpha value is -0.820. The van der Waals surface area contributed by atoms with E-state index in [1.807, 2.05) is 7.05 Å². The number of aliphatic imine (C=N–C) groups is 1. The van der Waals surface area contributed by atoms with E-state index in [1.54, 1.807) is 0 Å². The van der Waals surface area contributed by atoms with Gasteiger partial charge in [-0.15, -0.1) is 24.0 Å². The van der Waals surface area contributed by atoms with E-state index in [0.29, 0.717) is 0 Å². The Labute approximate surface area is 164 Å². The van der Waals surface area contributed by atoms with Gasteiger partial charge in [0.15, 0.2) is 5.96 Å². The van der Waals surface area contributed by atoms with Crippen LogP contribution in [0.15, 0.2) is 35.3 Å². The number of likely N-dealkylation sites (tertiary alicyclic amines) is 1. The summed E-state index contributed by atoms with van der Waals surface area (Å²) in [6.07, 6.45) is 4.95. The minimum atomic E-state index is 0. The molecule has 0 bridgehead atoms. The number of piperidine rings is 1. The maximum absolute atomic E-state index is 4.30. The third-order valence-corrected chi connectivity index (χ3v) is 4.46. The summed E-state index contributed by atoms with van der Waals surface area (Å²) in [4.78, 5) is 6.90. The van der Waals surface area contributed by atoms with E-state index < -0.39 is 0 Å². The van der Waals surface area contributed by atoms with Gasteiger partial charge < -0.3 is 15.5 Å². The van der Waals surface area contributed by atoms with Gasteiger partial charge in [0.2, 0.25) is 0 Å². The maximum Gasteiger partial charge on any atom is 0.190 e. The Morgan fingerprint density at radius 2 is 1.96 bits per heavy atom. The summed E-state index contributed by atoms with van der Waals surface area (Å²) in [5.74, 6) is 1.78. The van der Waals surface area contributed by atoms with Gasteiger partial charge in [-0.05, 0) is 50.3 Å². The van der Waals surface area contributed by atoms with Crippen molar-refractivity contribution < 1.29 is 0 Å². The second-order valence-electron chi connectivity index (χ2n) is 6.56. The first-order valence-electron chi connectivity index (χ1n) is 8.98. The molecule has 2 rings (SSSR count). The first kappa shape index (κ1) is 21.2. The van der Waals surface area contributed by atoms with Crippen LogP contribution < -0.4 is 10.6 Å². The average molecular weight is 444 g/mol. The lowest BCUT2D eigenvalue weighted by Crippen LogP contribution is -2.40. The van der Waals surface area contributed by atoms with Gasteiger partial charge in [0.05, 0.1) is 0 Å². The van der Waals surface area contributed by atoms with Crippen LogP contribution in [0.4, 0.5) is 0 Å². The van der Waals surface area contributed by atoms with E-state index in [-0.39, 0.29) is 24.0 Å². The van der Waals surface area contributed by atoms with Crippen molar-refractivity contribution in [2.75, 3.05) is 39.8 Å². The number of hydrogen-bond donors (Lipinski definition) is 2. The molecular weight excluding hydrogens is 411 g/mol. The minimum Gasteiger partial charge on any atom is -0.356 e. The van der Waals surface area contributed by atoms with Crippen molar-refractivity contribution in [3.05, 3.63) is 35.9 Å². The van der Waals surface area contributed by atoms with Crippen LogP contribution in [0.5, 0.6) is 0 Å². The molecule has 1 aromatic carbocycles. The van der Waals surface area contributed by atoms with E-state index in [2.05, 4.69) is 57.8 Å². The molecule has 0 saturated carbocycles. The summed E-state index contributed by atoms with van der Waals surface area (Å²) in [5.41, 5.74) is 1.36. The van der Waals surface area contributed by atoms with Crippen LogP contribution in [-0.2, 0) is 6.42 Å². The highest BCUT2D eigenvalue weighted by molar-refractivity contribution is 14.0. The molecule has 0 radical (unpaired) electrons. The summed E-state index contributed by atoms with van der Waals surface area (Å²) < 4.78 is 0. The molecule has 1 aromatic rings. The first-order valence-corrected chi connectivity index (χ1v) is 8.98. The van der Waals surface area contributed by atoms with Crippen molar-refractivity contribution in [2.24, 2.45) is 10.9 Å². The first-order chi connectivity index (χ1) is 11.3. The highest BCUT2D eigenvalue weighted by Gasteiger charge is 2.15. The maximum atomic E-state index is 4.30. The smallest absolute Gasteiger partial charge is 0.190 e. The van der Waals surface area contributed by atoms with Crippen molar-refractivity contribution in [3.8, 4) is 0 Å². The fourth-order valence-corrected chi connectivity index (χ4v) is 3.19. The second-order valence-corrected chi connectivity index (χ2v) is 6.56. The lowest BCUT2D eigenvalue weighted by molar-refractivity contribution is 0.182. The number of rotatable bonds is 7. The lowest BCUT2D eigenvalue weighted by atomic mass is 10.0. The molecule has 1 aliphatic heterocycles. The van der Waals surface area contributed by atoms with Crippen LogP contribution in [0.3, 0.4) is 0 Å². The van der Waals surface area contributed by atoms with Crippen molar-refractivity contribution in [3.63, 3.8) is 0 Å². The number of benzene rings is 1. The van der Waals surface area contributed by atoms with Gasteiger partial charge in [0.25, 0.3) is 0 Å². The van der Waals surface area contributed by atoms with Gasteiger partial charge >= 0.3 is 0 Å². The summed E-state index contributed by atoms with van der Waals surface area (Å²) in [6, 6.07) is 10.6. The van der Waals surface area contributed by atoms with Gasteiger partial charge in [0, 0.05) is 26.7 Å². The monoisotopic (exact) mass is 444 g/mol. The van der Waals surface area contributed by atoms with Gasteiger partial charge in [-0.2, -0.15) is 0 Å². The van der Waals surface area contributed by atoms with Gasteiger partial charge in [-0.3, -0.25) is 4.99 Å². The average Bonchev–Trinajstić information content (AvgIpc) is 2.58. The summed E-state index contributed by atoms with van der Waals surface area (Å²) >= 11 is 0. The zero-order chi connectivity index (χ0) is 16.3. The minimum absolute atomic E-state index is 0. The molecule has 0 spiro atoms. The SMILES string of the molecule is CN=C(NCCCN1CCCC(C)C1)NCCc1ccccc1.I. The normalized spacial score (nSPS) is 18.8. The number of hydrogen-bond acceptors (Lipinski definition) is 2. The van der Waals surface area contributed by atoms with E-state index in [0.717, 1.165) is 31.4 Å². The Morgan fingerprint density at radius 3 is 2.67 bits per heavy atom. The quantitative estimate of drug-likeness (QED) is 0.294. The van der Waals surface area contributed by atoms with Crippen LogP contribution in [0.1, 0.15) is 31.7 Å². The zero-order valence-corrected chi connectivity index (χ0v) is 17.5.